The summed E-state index contributed by atoms with van der Waals surface area (Å²) < 4.78 is 54.3. The zero-order chi connectivity index (χ0) is 44.6. The third-order valence-corrected chi connectivity index (χ3v) is 16.6. The molecule has 2 aliphatic carbocycles. The first kappa shape index (κ1) is 45.1. The number of rotatable bonds is 9. The number of nitrogens with zero attached hydrogens (tertiary/aromatic N) is 6. The molecule has 5 heterocycles. The van der Waals surface area contributed by atoms with Crippen molar-refractivity contribution >= 4 is 39.0 Å². The van der Waals surface area contributed by atoms with Gasteiger partial charge in [0, 0.05) is 88.1 Å². The number of carbonyl (C=O) groups excluding carboxylic acids is 2. The molecule has 3 fully saturated rings. The first-order valence-electron chi connectivity index (χ1n) is 22.8. The van der Waals surface area contributed by atoms with Crippen LogP contribution >= 0.6 is 11.6 Å². The molecule has 1 aromatic heterocycles. The maximum absolute atomic E-state index is 15.3. The van der Waals surface area contributed by atoms with Gasteiger partial charge in [0.05, 0.1) is 63.2 Å². The van der Waals surface area contributed by atoms with Crippen LogP contribution in [0.25, 0.3) is 0 Å². The zero-order valence-corrected chi connectivity index (χ0v) is 39.0. The second-order valence-electron chi connectivity index (χ2n) is 18.6. The number of halogens is 1. The summed E-state index contributed by atoms with van der Waals surface area (Å²) in [7, 11) is 1.04. The van der Waals surface area contributed by atoms with Gasteiger partial charge in [0.25, 0.3) is 11.8 Å². The van der Waals surface area contributed by atoms with E-state index in [0.29, 0.717) is 37.5 Å². The smallest absolute Gasteiger partial charge is 0.286 e. The van der Waals surface area contributed by atoms with E-state index in [1.807, 2.05) is 31.2 Å². The van der Waals surface area contributed by atoms with Crippen molar-refractivity contribution in [2.45, 2.75) is 62.7 Å². The van der Waals surface area contributed by atoms with E-state index in [4.69, 9.17) is 35.3 Å². The van der Waals surface area contributed by atoms with Gasteiger partial charge in [-0.1, -0.05) is 36.7 Å². The van der Waals surface area contributed by atoms with Crippen molar-refractivity contribution in [3.8, 4) is 11.6 Å². The lowest BCUT2D eigenvalue weighted by Crippen LogP contribution is -2.56. The van der Waals surface area contributed by atoms with E-state index in [-0.39, 0.29) is 40.2 Å². The second-order valence-corrected chi connectivity index (χ2v) is 21.1. The van der Waals surface area contributed by atoms with E-state index in [1.54, 1.807) is 20.2 Å². The van der Waals surface area contributed by atoms with Gasteiger partial charge >= 0.3 is 0 Å². The summed E-state index contributed by atoms with van der Waals surface area (Å²) in [5, 5.41) is 4.95. The molecule has 0 radical (unpaired) electrons. The van der Waals surface area contributed by atoms with E-state index in [9.17, 15) is 9.59 Å². The van der Waals surface area contributed by atoms with Crippen LogP contribution in [-0.4, -0.2) is 146 Å². The molecule has 2 saturated heterocycles. The van der Waals surface area contributed by atoms with Gasteiger partial charge in [0.1, 0.15) is 21.2 Å². The Kier molecular flexibility index (Phi) is 13.4. The molecular formula is C47H62ClN7O8S. The van der Waals surface area contributed by atoms with Gasteiger partial charge in [-0.15, -0.1) is 9.46 Å². The Bertz CT molecular complexity index is 2360. The molecule has 64 heavy (non-hydrogen) atoms. The highest BCUT2D eigenvalue weighted by Crippen LogP contribution is 2.47. The Labute approximate surface area is 382 Å². The topological polar surface area (TPSA) is 149 Å². The Hall–Kier alpha value is -4.03. The highest BCUT2D eigenvalue weighted by molar-refractivity contribution is 7.92. The number of aromatic nitrogens is 2. The molecule has 1 saturated carbocycles. The Morgan fingerprint density at radius 1 is 1.06 bits per heavy atom. The van der Waals surface area contributed by atoms with E-state index in [1.165, 1.54) is 29.1 Å². The number of benzene rings is 2. The van der Waals surface area contributed by atoms with Crippen molar-refractivity contribution in [3.63, 3.8) is 0 Å². The number of hydrogen-bond donors (Lipinski definition) is 1. The van der Waals surface area contributed by atoms with Gasteiger partial charge in [0.15, 0.2) is 0 Å². The van der Waals surface area contributed by atoms with Crippen LogP contribution in [0.15, 0.2) is 59.1 Å². The van der Waals surface area contributed by atoms with E-state index in [0.717, 1.165) is 95.3 Å². The normalized spacial score (nSPS) is 30.7. The molecule has 4 aliphatic heterocycles. The highest BCUT2D eigenvalue weighted by atomic mass is 35.5. The quantitative estimate of drug-likeness (QED) is 0.283. The van der Waals surface area contributed by atoms with Crippen molar-refractivity contribution in [1.82, 2.24) is 24.3 Å². The van der Waals surface area contributed by atoms with Crippen molar-refractivity contribution in [3.05, 3.63) is 82.0 Å². The average Bonchev–Trinajstić information content (AvgIpc) is 3.57. The molecular weight excluding hydrogens is 858 g/mol. The molecule has 6 aliphatic rings. The molecule has 2 bridgehead atoms. The summed E-state index contributed by atoms with van der Waals surface area (Å²) in [5.41, 5.74) is 3.30. The summed E-state index contributed by atoms with van der Waals surface area (Å²) in [6.45, 7) is 10.5. The van der Waals surface area contributed by atoms with Gasteiger partial charge in [-0.05, 0) is 85.4 Å². The third kappa shape index (κ3) is 9.47. The molecule has 1 N–H and O–H groups in total. The van der Waals surface area contributed by atoms with Crippen molar-refractivity contribution in [2.75, 3.05) is 97.1 Å². The minimum atomic E-state index is -3.79. The van der Waals surface area contributed by atoms with Gasteiger partial charge < -0.3 is 28.6 Å². The molecule has 9 rings (SSSR count). The molecule has 2 aromatic carbocycles. The van der Waals surface area contributed by atoms with Crippen molar-refractivity contribution in [1.29, 1.82) is 0 Å². The lowest BCUT2D eigenvalue weighted by molar-refractivity contribution is -0.0786. The second kappa shape index (κ2) is 19.1. The number of fused-ring (bicyclic) bond motifs is 4. The van der Waals surface area contributed by atoms with Crippen LogP contribution in [-0.2, 0) is 43.0 Å². The van der Waals surface area contributed by atoms with Gasteiger partial charge in [0.2, 0.25) is 5.88 Å². The number of anilines is 1. The van der Waals surface area contributed by atoms with Crippen LogP contribution in [0.2, 0.25) is 5.02 Å². The summed E-state index contributed by atoms with van der Waals surface area (Å²) in [6.07, 6.45) is 9.85. The van der Waals surface area contributed by atoms with Crippen molar-refractivity contribution < 1.29 is 37.5 Å². The number of amides is 2. The number of carbonyl (C=O) groups is 2. The molecule has 1 unspecified atom stereocenters. The predicted molar refractivity (Wildman–Crippen MR) is 245 cm³/mol. The summed E-state index contributed by atoms with van der Waals surface area (Å²) in [4.78, 5) is 35.7. The van der Waals surface area contributed by atoms with Gasteiger partial charge in [-0.25, -0.2) is 4.21 Å². The van der Waals surface area contributed by atoms with E-state index < -0.39 is 33.8 Å². The first-order chi connectivity index (χ1) is 30.9. The zero-order valence-electron chi connectivity index (χ0n) is 37.4. The molecule has 1 spiro atoms. The number of ether oxygens (including phenoxy) is 5. The highest BCUT2D eigenvalue weighted by Gasteiger charge is 2.45. The molecule has 15 nitrogen and oxygen atoms in total. The number of piperazine rings is 1. The van der Waals surface area contributed by atoms with E-state index >= 15 is 4.21 Å². The van der Waals surface area contributed by atoms with Crippen LogP contribution in [0.3, 0.4) is 0 Å². The fourth-order valence-corrected chi connectivity index (χ4v) is 12.7. The minimum absolute atomic E-state index is 0.0637. The molecule has 346 valence electrons. The predicted octanol–water partition coefficient (Wildman–Crippen LogP) is 5.16. The standard InChI is InChI=1S/C47H62ClN7O8S/c1-31-28-64(58,51-45(57)38-25-52(2)49-46(38)60-4)50-44(56)33-8-12-43-40(23-33)55(29-47(30-63-43)15-5-6-32-22-35(48)9-11-39(32)47)24-34-7-10-37(34)42(59-3)14-13-41(31)62-21-20-53-16-18-54(19-17-53)36-26-61-27-36/h8-9,11-14,22-23,25,31,34,36-37,41-42H,5-7,10,15-21,24,26-30H2,1-4H3,(H,50,51,56,57,58)/b14-13+/t31-,34+,37-,41+,42+,47+,64?/m1/s1. The maximum atomic E-state index is 15.3. The number of aryl methyl sites for hydroxylation is 2. The Balaban J connectivity index is 1.06. The summed E-state index contributed by atoms with van der Waals surface area (Å²) in [6, 6.07) is 12.1. The molecule has 17 heteroatoms. The largest absolute Gasteiger partial charge is 0.490 e. The van der Waals surface area contributed by atoms with Gasteiger partial charge in [-0.2, -0.15) is 0 Å². The minimum Gasteiger partial charge on any atom is -0.490 e. The van der Waals surface area contributed by atoms with Crippen LogP contribution in [0.4, 0.5) is 5.69 Å². The van der Waals surface area contributed by atoms with Crippen LogP contribution in [0.1, 0.15) is 64.4 Å². The fourth-order valence-electron chi connectivity index (χ4n) is 10.6. The van der Waals surface area contributed by atoms with Gasteiger partial charge in [-0.3, -0.25) is 28.8 Å². The molecule has 2 amide bonds. The monoisotopic (exact) mass is 919 g/mol. The summed E-state index contributed by atoms with van der Waals surface area (Å²) in [5.74, 6) is -0.752. The van der Waals surface area contributed by atoms with Crippen LogP contribution in [0.5, 0.6) is 11.6 Å². The lowest BCUT2D eigenvalue weighted by Gasteiger charge is -2.46. The average molecular weight is 921 g/mol. The third-order valence-electron chi connectivity index (χ3n) is 14.4. The molecule has 7 atom stereocenters. The first-order valence-corrected chi connectivity index (χ1v) is 24.9. The number of nitrogens with one attached hydrogen (secondary N) is 1. The van der Waals surface area contributed by atoms with Crippen molar-refractivity contribution in [2.24, 2.45) is 29.2 Å². The number of hydrogen-bond acceptors (Lipinski definition) is 12. The lowest BCUT2D eigenvalue weighted by atomic mass is 9.68. The molecule has 3 aromatic rings. The van der Waals surface area contributed by atoms with E-state index in [2.05, 4.69) is 47.1 Å². The Morgan fingerprint density at radius 3 is 2.61 bits per heavy atom. The maximum Gasteiger partial charge on any atom is 0.286 e. The fraction of sp³-hybridized carbons (Fsp3) is 0.596. The van der Waals surface area contributed by atoms with Crippen LogP contribution in [0, 0.1) is 17.8 Å². The summed E-state index contributed by atoms with van der Waals surface area (Å²) >= 11 is 6.52. The van der Waals surface area contributed by atoms with Crippen LogP contribution < -0.4 is 19.1 Å². The SMILES string of the molecule is COc1nn(C)cc1C(=O)NS1(=O)=NC(=O)c2ccc3c(c2)N(C[C@@H]2CC[C@H]2[C@@H](OC)/C=C/[C@H](OCCN2CCN(C4COC4)CC2)[C@H](C)C1)C[C@@]1(CCCc2cc(Cl)ccc21)CO3. The Morgan fingerprint density at radius 2 is 1.88 bits per heavy atom. The number of methoxy groups -OCH3 is 2.